The quantitative estimate of drug-likeness (QED) is 0.877. The molecule has 4 heteroatoms. The van der Waals surface area contributed by atoms with Crippen molar-refractivity contribution in [3.05, 3.63) is 47.7 Å². The average Bonchev–Trinajstić information content (AvgIpc) is 2.41. The zero-order valence-corrected chi connectivity index (χ0v) is 11.0. The van der Waals surface area contributed by atoms with Crippen LogP contribution >= 0.6 is 0 Å². The maximum atomic E-state index is 8.91. The largest absolute Gasteiger partial charge is 0.396 e. The van der Waals surface area contributed by atoms with Crippen molar-refractivity contribution in [2.24, 2.45) is 0 Å². The molecule has 2 rings (SSSR count). The van der Waals surface area contributed by atoms with Gasteiger partial charge in [0.1, 0.15) is 11.9 Å². The van der Waals surface area contributed by atoms with Crippen molar-refractivity contribution in [2.45, 2.75) is 19.8 Å². The summed E-state index contributed by atoms with van der Waals surface area (Å²) in [6, 6.07) is 13.6. The van der Waals surface area contributed by atoms with Gasteiger partial charge in [0.05, 0.1) is 5.69 Å². The molecule has 0 spiro atoms. The Labute approximate surface area is 112 Å². The van der Waals surface area contributed by atoms with Gasteiger partial charge in [0.25, 0.3) is 0 Å². The number of benzene rings is 1. The Hall–Kier alpha value is -2.54. The van der Waals surface area contributed by atoms with Gasteiger partial charge in [0, 0.05) is 5.69 Å². The van der Waals surface area contributed by atoms with E-state index in [-0.39, 0.29) is 5.69 Å². The number of pyridine rings is 1. The van der Waals surface area contributed by atoms with Gasteiger partial charge < -0.3 is 11.1 Å². The molecule has 2 aromatic rings. The van der Waals surface area contributed by atoms with Crippen molar-refractivity contribution in [1.82, 2.24) is 4.98 Å². The van der Waals surface area contributed by atoms with E-state index in [0.29, 0.717) is 17.4 Å². The summed E-state index contributed by atoms with van der Waals surface area (Å²) in [4.78, 5) is 4.16. The first-order valence-corrected chi connectivity index (χ1v) is 6.13. The van der Waals surface area contributed by atoms with Crippen LogP contribution in [0.25, 0.3) is 0 Å². The summed E-state index contributed by atoms with van der Waals surface area (Å²) in [7, 11) is 0. The fraction of sp³-hybridized carbons (Fsp3) is 0.200. The summed E-state index contributed by atoms with van der Waals surface area (Å²) in [5, 5.41) is 12.1. The first-order valence-electron chi connectivity index (χ1n) is 6.13. The third-order valence-corrected chi connectivity index (χ3v) is 2.86. The molecule has 0 saturated carbocycles. The molecular weight excluding hydrogens is 236 g/mol. The highest BCUT2D eigenvalue weighted by Crippen LogP contribution is 2.22. The van der Waals surface area contributed by atoms with E-state index < -0.39 is 0 Å². The Morgan fingerprint density at radius 1 is 1.26 bits per heavy atom. The van der Waals surface area contributed by atoms with E-state index in [4.69, 9.17) is 11.0 Å². The molecule has 1 aromatic carbocycles. The van der Waals surface area contributed by atoms with Crippen LogP contribution < -0.4 is 11.1 Å². The van der Waals surface area contributed by atoms with Crippen molar-refractivity contribution in [1.29, 1.82) is 5.26 Å². The van der Waals surface area contributed by atoms with Crippen molar-refractivity contribution in [3.8, 4) is 6.07 Å². The lowest BCUT2D eigenvalue weighted by Gasteiger charge is -2.10. The summed E-state index contributed by atoms with van der Waals surface area (Å²) in [5.74, 6) is 1.09. The Balaban J connectivity index is 2.26. The summed E-state index contributed by atoms with van der Waals surface area (Å²) >= 11 is 0. The Bertz CT molecular complexity index is 626. The van der Waals surface area contributed by atoms with Gasteiger partial charge in [0.15, 0.2) is 5.69 Å². The molecule has 0 aliphatic carbocycles. The van der Waals surface area contributed by atoms with Gasteiger partial charge in [-0.05, 0) is 35.7 Å². The van der Waals surface area contributed by atoms with Crippen LogP contribution in [0.4, 0.5) is 17.2 Å². The number of nitrogens with two attached hydrogens (primary N) is 1. The Morgan fingerprint density at radius 3 is 2.74 bits per heavy atom. The number of hydrogen-bond donors (Lipinski definition) is 2. The second-order valence-corrected chi connectivity index (χ2v) is 4.65. The van der Waals surface area contributed by atoms with Gasteiger partial charge >= 0.3 is 0 Å². The second kappa shape index (κ2) is 5.40. The number of nitrogen functional groups attached to an aromatic ring is 1. The molecule has 0 fully saturated rings. The molecule has 0 unspecified atom stereocenters. The number of anilines is 3. The van der Waals surface area contributed by atoms with E-state index in [2.05, 4.69) is 36.3 Å². The molecule has 1 aromatic heterocycles. The van der Waals surface area contributed by atoms with E-state index in [1.54, 1.807) is 12.1 Å². The Morgan fingerprint density at radius 2 is 2.05 bits per heavy atom. The lowest BCUT2D eigenvalue weighted by atomic mass is 10.0. The lowest BCUT2D eigenvalue weighted by Crippen LogP contribution is -1.99. The number of nitriles is 1. The monoisotopic (exact) mass is 252 g/mol. The SMILES string of the molecule is CC(C)c1cccc(Nc2ccc(N)c(C#N)n2)c1. The highest BCUT2D eigenvalue weighted by Gasteiger charge is 2.04. The molecule has 0 saturated heterocycles. The normalized spacial score (nSPS) is 10.2. The van der Waals surface area contributed by atoms with Gasteiger partial charge in [-0.1, -0.05) is 26.0 Å². The van der Waals surface area contributed by atoms with Crippen molar-refractivity contribution < 1.29 is 0 Å². The molecule has 4 nitrogen and oxygen atoms in total. The molecule has 0 aliphatic heterocycles. The maximum absolute atomic E-state index is 8.91. The van der Waals surface area contributed by atoms with E-state index in [1.165, 1.54) is 5.56 Å². The van der Waals surface area contributed by atoms with Gasteiger partial charge in [-0.3, -0.25) is 0 Å². The predicted octanol–water partition coefficient (Wildman–Crippen LogP) is 3.40. The number of hydrogen-bond acceptors (Lipinski definition) is 4. The first-order chi connectivity index (χ1) is 9.10. The smallest absolute Gasteiger partial charge is 0.165 e. The highest BCUT2D eigenvalue weighted by atomic mass is 15.0. The third kappa shape index (κ3) is 3.02. The molecule has 0 aliphatic rings. The van der Waals surface area contributed by atoms with Gasteiger partial charge in [-0.2, -0.15) is 5.26 Å². The molecule has 1 heterocycles. The van der Waals surface area contributed by atoms with Crippen LogP contribution in [0, 0.1) is 11.3 Å². The van der Waals surface area contributed by atoms with Gasteiger partial charge in [-0.15, -0.1) is 0 Å². The topological polar surface area (TPSA) is 74.7 Å². The predicted molar refractivity (Wildman–Crippen MR) is 77.2 cm³/mol. The number of nitrogens with one attached hydrogen (secondary N) is 1. The molecule has 3 N–H and O–H groups in total. The van der Waals surface area contributed by atoms with Crippen molar-refractivity contribution in [3.63, 3.8) is 0 Å². The summed E-state index contributed by atoms with van der Waals surface area (Å²) < 4.78 is 0. The maximum Gasteiger partial charge on any atom is 0.165 e. The van der Waals surface area contributed by atoms with Crippen LogP contribution in [0.3, 0.4) is 0 Å². The average molecular weight is 252 g/mol. The zero-order chi connectivity index (χ0) is 13.8. The van der Waals surface area contributed by atoms with Crippen molar-refractivity contribution in [2.75, 3.05) is 11.1 Å². The van der Waals surface area contributed by atoms with Gasteiger partial charge in [-0.25, -0.2) is 4.98 Å². The Kier molecular flexibility index (Phi) is 3.67. The highest BCUT2D eigenvalue weighted by molar-refractivity contribution is 5.61. The van der Waals surface area contributed by atoms with Crippen LogP contribution in [-0.4, -0.2) is 4.98 Å². The molecule has 0 amide bonds. The number of rotatable bonds is 3. The number of aromatic nitrogens is 1. The van der Waals surface area contributed by atoms with Crippen LogP contribution in [0.1, 0.15) is 31.0 Å². The molecule has 0 radical (unpaired) electrons. The van der Waals surface area contributed by atoms with E-state index >= 15 is 0 Å². The molecule has 0 bridgehead atoms. The summed E-state index contributed by atoms with van der Waals surface area (Å²) in [6.07, 6.45) is 0. The number of nitrogens with zero attached hydrogens (tertiary/aromatic N) is 2. The minimum absolute atomic E-state index is 0.241. The first kappa shape index (κ1) is 12.9. The van der Waals surface area contributed by atoms with Crippen LogP contribution in [0.2, 0.25) is 0 Å². The molecular formula is C15H16N4. The second-order valence-electron chi connectivity index (χ2n) is 4.65. The zero-order valence-electron chi connectivity index (χ0n) is 11.0. The molecule has 96 valence electrons. The van der Waals surface area contributed by atoms with Crippen LogP contribution in [0.15, 0.2) is 36.4 Å². The van der Waals surface area contributed by atoms with Gasteiger partial charge in [0.2, 0.25) is 0 Å². The van der Waals surface area contributed by atoms with E-state index in [0.717, 1.165) is 5.69 Å². The van der Waals surface area contributed by atoms with Crippen molar-refractivity contribution >= 4 is 17.2 Å². The van der Waals surface area contributed by atoms with Crippen LogP contribution in [0.5, 0.6) is 0 Å². The van der Waals surface area contributed by atoms with E-state index in [9.17, 15) is 0 Å². The van der Waals surface area contributed by atoms with E-state index in [1.807, 2.05) is 18.2 Å². The molecule has 19 heavy (non-hydrogen) atoms. The minimum Gasteiger partial charge on any atom is -0.396 e. The summed E-state index contributed by atoms with van der Waals surface area (Å²) in [5.41, 5.74) is 8.48. The van der Waals surface area contributed by atoms with Crippen LogP contribution in [-0.2, 0) is 0 Å². The summed E-state index contributed by atoms with van der Waals surface area (Å²) in [6.45, 7) is 4.29. The fourth-order valence-corrected chi connectivity index (χ4v) is 1.75. The standard InChI is InChI=1S/C15H16N4/c1-10(2)11-4-3-5-12(8-11)18-15-7-6-13(17)14(9-16)19-15/h3-8,10H,17H2,1-2H3,(H,18,19). The fourth-order valence-electron chi connectivity index (χ4n) is 1.75. The molecule has 0 atom stereocenters. The third-order valence-electron chi connectivity index (χ3n) is 2.86. The minimum atomic E-state index is 0.241. The lowest BCUT2D eigenvalue weighted by molar-refractivity contribution is 0.867.